The number of halogens is 1. The van der Waals surface area contributed by atoms with E-state index in [0.29, 0.717) is 12.0 Å². The molecule has 0 bridgehead atoms. The van der Waals surface area contributed by atoms with E-state index >= 15 is 0 Å². The Morgan fingerprint density at radius 1 is 1.30 bits per heavy atom. The number of para-hydroxylation sites is 1. The summed E-state index contributed by atoms with van der Waals surface area (Å²) in [4.78, 5) is 4.85. The second kappa shape index (κ2) is 7.19. The van der Waals surface area contributed by atoms with Crippen molar-refractivity contribution in [2.45, 2.75) is 39.2 Å². The maximum Gasteiger partial charge on any atom is 0.0722 e. The lowest BCUT2D eigenvalue weighted by Gasteiger charge is -2.21. The van der Waals surface area contributed by atoms with Crippen molar-refractivity contribution < 1.29 is 0 Å². The number of benzene rings is 1. The van der Waals surface area contributed by atoms with Gasteiger partial charge in [-0.15, -0.1) is 0 Å². The minimum Gasteiger partial charge on any atom is -0.312 e. The molecular formula is C17H23BrN2. The van der Waals surface area contributed by atoms with Gasteiger partial charge in [0.15, 0.2) is 0 Å². The molecule has 1 aromatic carbocycles. The van der Waals surface area contributed by atoms with E-state index in [1.807, 2.05) is 13.1 Å². The summed E-state index contributed by atoms with van der Waals surface area (Å²) < 4.78 is 1.10. The van der Waals surface area contributed by atoms with Gasteiger partial charge in [-0.05, 0) is 47.4 Å². The highest BCUT2D eigenvalue weighted by Crippen LogP contribution is 2.30. The standard InChI is InChI=1S/C17H23BrN2/c1-4-7-12(2)10-16(19-3)17-14(18)11-13-8-5-6-9-15(13)20-17/h5-6,8-9,11-12,16,19H,4,7,10H2,1-3H3. The molecule has 0 radical (unpaired) electrons. The fourth-order valence-corrected chi connectivity index (χ4v) is 3.34. The van der Waals surface area contributed by atoms with Crippen molar-refractivity contribution >= 4 is 26.8 Å². The maximum atomic E-state index is 4.85. The van der Waals surface area contributed by atoms with E-state index in [9.17, 15) is 0 Å². The molecule has 2 rings (SSSR count). The van der Waals surface area contributed by atoms with Crippen LogP contribution in [0.1, 0.15) is 44.8 Å². The van der Waals surface area contributed by atoms with Crippen LogP contribution in [0.15, 0.2) is 34.8 Å². The highest BCUT2D eigenvalue weighted by molar-refractivity contribution is 9.10. The first kappa shape index (κ1) is 15.5. The fourth-order valence-electron chi connectivity index (χ4n) is 2.73. The second-order valence-corrected chi connectivity index (χ2v) is 6.37. The molecule has 2 atom stereocenters. The maximum absolute atomic E-state index is 4.85. The molecular weight excluding hydrogens is 312 g/mol. The fraction of sp³-hybridized carbons (Fsp3) is 0.471. The van der Waals surface area contributed by atoms with Crippen molar-refractivity contribution in [3.8, 4) is 0 Å². The summed E-state index contributed by atoms with van der Waals surface area (Å²) >= 11 is 3.69. The predicted octanol–water partition coefficient (Wildman–Crippen LogP) is 5.08. The van der Waals surface area contributed by atoms with E-state index in [2.05, 4.69) is 59.4 Å². The van der Waals surface area contributed by atoms with Gasteiger partial charge in [-0.1, -0.05) is 44.9 Å². The van der Waals surface area contributed by atoms with Crippen LogP contribution < -0.4 is 5.32 Å². The lowest BCUT2D eigenvalue weighted by Crippen LogP contribution is -2.20. The van der Waals surface area contributed by atoms with Crippen molar-refractivity contribution in [3.05, 3.63) is 40.5 Å². The zero-order chi connectivity index (χ0) is 14.5. The van der Waals surface area contributed by atoms with Crippen LogP contribution in [0.25, 0.3) is 10.9 Å². The Morgan fingerprint density at radius 3 is 2.75 bits per heavy atom. The van der Waals surface area contributed by atoms with Crippen LogP contribution in [0.5, 0.6) is 0 Å². The highest BCUT2D eigenvalue weighted by Gasteiger charge is 2.18. The molecule has 2 unspecified atom stereocenters. The van der Waals surface area contributed by atoms with Gasteiger partial charge in [0.1, 0.15) is 0 Å². The zero-order valence-electron chi connectivity index (χ0n) is 12.5. The van der Waals surface area contributed by atoms with E-state index in [1.165, 1.54) is 18.2 Å². The van der Waals surface area contributed by atoms with Gasteiger partial charge in [-0.2, -0.15) is 0 Å². The van der Waals surface area contributed by atoms with Gasteiger partial charge >= 0.3 is 0 Å². The smallest absolute Gasteiger partial charge is 0.0722 e. The molecule has 0 spiro atoms. The predicted molar refractivity (Wildman–Crippen MR) is 89.9 cm³/mol. The number of nitrogens with one attached hydrogen (secondary N) is 1. The number of nitrogens with zero attached hydrogens (tertiary/aromatic N) is 1. The van der Waals surface area contributed by atoms with E-state index in [4.69, 9.17) is 4.98 Å². The molecule has 0 saturated carbocycles. The number of rotatable bonds is 6. The van der Waals surface area contributed by atoms with Crippen molar-refractivity contribution in [2.24, 2.45) is 5.92 Å². The van der Waals surface area contributed by atoms with E-state index in [-0.39, 0.29) is 0 Å². The van der Waals surface area contributed by atoms with Gasteiger partial charge in [0.2, 0.25) is 0 Å². The SMILES string of the molecule is CCCC(C)CC(NC)c1nc2ccccc2cc1Br. The molecule has 0 amide bonds. The Bertz CT molecular complexity index is 568. The van der Waals surface area contributed by atoms with Crippen molar-refractivity contribution in [2.75, 3.05) is 7.05 Å². The number of hydrogen-bond acceptors (Lipinski definition) is 2. The lowest BCUT2D eigenvalue weighted by molar-refractivity contribution is 0.401. The summed E-state index contributed by atoms with van der Waals surface area (Å²) in [6.45, 7) is 4.57. The molecule has 2 nitrogen and oxygen atoms in total. The van der Waals surface area contributed by atoms with Crippen LogP contribution in [-0.4, -0.2) is 12.0 Å². The number of pyridine rings is 1. The third-order valence-electron chi connectivity index (χ3n) is 3.80. The van der Waals surface area contributed by atoms with Crippen LogP contribution in [0.2, 0.25) is 0 Å². The van der Waals surface area contributed by atoms with Gasteiger partial charge in [0.25, 0.3) is 0 Å². The number of hydrogen-bond donors (Lipinski definition) is 1. The van der Waals surface area contributed by atoms with Crippen molar-refractivity contribution in [1.82, 2.24) is 10.3 Å². The molecule has 0 aliphatic heterocycles. The Hall–Kier alpha value is -0.930. The summed E-state index contributed by atoms with van der Waals surface area (Å²) in [7, 11) is 2.02. The van der Waals surface area contributed by atoms with E-state index in [0.717, 1.165) is 22.1 Å². The van der Waals surface area contributed by atoms with Crippen molar-refractivity contribution in [1.29, 1.82) is 0 Å². The summed E-state index contributed by atoms with van der Waals surface area (Å²) in [5.41, 5.74) is 2.18. The third-order valence-corrected chi connectivity index (χ3v) is 4.44. The highest BCUT2D eigenvalue weighted by atomic mass is 79.9. The molecule has 0 fully saturated rings. The van der Waals surface area contributed by atoms with Crippen LogP contribution in [0.4, 0.5) is 0 Å². The largest absolute Gasteiger partial charge is 0.312 e. The summed E-state index contributed by atoms with van der Waals surface area (Å²) in [5, 5.41) is 4.60. The molecule has 3 heteroatoms. The Labute approximate surface area is 130 Å². The minimum atomic E-state index is 0.301. The first-order valence-electron chi connectivity index (χ1n) is 7.38. The number of aromatic nitrogens is 1. The third kappa shape index (κ3) is 3.58. The quantitative estimate of drug-likeness (QED) is 0.796. The topological polar surface area (TPSA) is 24.9 Å². The molecule has 1 aromatic heterocycles. The van der Waals surface area contributed by atoms with E-state index < -0.39 is 0 Å². The molecule has 20 heavy (non-hydrogen) atoms. The summed E-state index contributed by atoms with van der Waals surface area (Å²) in [6, 6.07) is 10.7. The van der Waals surface area contributed by atoms with Gasteiger partial charge in [0, 0.05) is 9.86 Å². The van der Waals surface area contributed by atoms with Crippen molar-refractivity contribution in [3.63, 3.8) is 0 Å². The van der Waals surface area contributed by atoms with Crippen LogP contribution in [-0.2, 0) is 0 Å². The normalized spacial score (nSPS) is 14.4. The summed E-state index contributed by atoms with van der Waals surface area (Å²) in [5.74, 6) is 0.706. The molecule has 2 aromatic rings. The zero-order valence-corrected chi connectivity index (χ0v) is 14.1. The first-order valence-corrected chi connectivity index (χ1v) is 8.17. The minimum absolute atomic E-state index is 0.301. The first-order chi connectivity index (χ1) is 9.65. The Balaban J connectivity index is 2.31. The number of fused-ring (bicyclic) bond motifs is 1. The van der Waals surface area contributed by atoms with Gasteiger partial charge in [-0.3, -0.25) is 0 Å². The molecule has 1 N–H and O–H groups in total. The van der Waals surface area contributed by atoms with Gasteiger partial charge < -0.3 is 5.32 Å². The molecule has 1 heterocycles. The molecule has 0 saturated heterocycles. The average molecular weight is 335 g/mol. The van der Waals surface area contributed by atoms with Crippen LogP contribution >= 0.6 is 15.9 Å². The summed E-state index contributed by atoms with van der Waals surface area (Å²) in [6.07, 6.45) is 3.63. The van der Waals surface area contributed by atoms with Crippen LogP contribution in [0, 0.1) is 5.92 Å². The molecule has 108 valence electrons. The molecule has 0 aliphatic carbocycles. The lowest BCUT2D eigenvalue weighted by atomic mass is 9.95. The Kier molecular flexibility index (Phi) is 5.55. The Morgan fingerprint density at radius 2 is 2.05 bits per heavy atom. The van der Waals surface area contributed by atoms with Gasteiger partial charge in [0.05, 0.1) is 17.3 Å². The van der Waals surface area contributed by atoms with E-state index in [1.54, 1.807) is 0 Å². The van der Waals surface area contributed by atoms with Crippen LogP contribution in [0.3, 0.4) is 0 Å². The molecule has 0 aliphatic rings. The monoisotopic (exact) mass is 334 g/mol. The second-order valence-electron chi connectivity index (χ2n) is 5.52. The average Bonchev–Trinajstić information content (AvgIpc) is 2.44. The van der Waals surface area contributed by atoms with Gasteiger partial charge in [-0.25, -0.2) is 4.98 Å².